The van der Waals surface area contributed by atoms with Crippen molar-refractivity contribution in [3.63, 3.8) is 0 Å². The van der Waals surface area contributed by atoms with Gasteiger partial charge in [0, 0.05) is 19.7 Å². The second kappa shape index (κ2) is 13.4. The van der Waals surface area contributed by atoms with Gasteiger partial charge in [-0.1, -0.05) is 32.9 Å². The Morgan fingerprint density at radius 1 is 1.14 bits per heavy atom. The molecule has 0 aliphatic rings. The summed E-state index contributed by atoms with van der Waals surface area (Å²) in [6.07, 6.45) is 1.33. The van der Waals surface area contributed by atoms with Crippen molar-refractivity contribution in [3.8, 4) is 11.5 Å². The number of aryl methyl sites for hydroxylation is 2. The molecule has 0 saturated heterocycles. The number of ether oxygens (including phenoxy) is 1. The van der Waals surface area contributed by atoms with Gasteiger partial charge in [-0.05, 0) is 48.7 Å². The third-order valence-electron chi connectivity index (χ3n) is 3.73. The lowest BCUT2D eigenvalue weighted by atomic mass is 10.1. The number of aromatic hydroxyl groups is 1. The van der Waals surface area contributed by atoms with Crippen molar-refractivity contribution in [2.24, 2.45) is 11.7 Å². The van der Waals surface area contributed by atoms with Crippen LogP contribution in [0.25, 0.3) is 0 Å². The molecule has 7 heteroatoms. The van der Waals surface area contributed by atoms with Crippen molar-refractivity contribution in [1.29, 1.82) is 0 Å². The average Bonchev–Trinajstić information content (AvgIpc) is 2.69. The standard InChI is InChI=1S/C17H22N2O2.C2H6N2O.C2H6/c1-4-13-10-14(20)8-9-17(13)21-11-15-12(2)6-5-7-16(15)19(3)18;1-4(3)2-5;1-2/h5-10,20H,4,11,18H2,1-3H3;2H,3H2,1H3;1-2H3. The zero-order valence-corrected chi connectivity index (χ0v) is 17.8. The quantitative estimate of drug-likeness (QED) is 0.303. The zero-order valence-electron chi connectivity index (χ0n) is 17.8. The average molecular weight is 391 g/mol. The van der Waals surface area contributed by atoms with Crippen LogP contribution in [0.15, 0.2) is 36.4 Å². The lowest BCUT2D eigenvalue weighted by molar-refractivity contribution is -0.117. The molecule has 2 aromatic carbocycles. The number of carbonyl (C=O) groups excluding carboxylic acids is 1. The van der Waals surface area contributed by atoms with Crippen LogP contribution in [0.5, 0.6) is 11.5 Å². The highest BCUT2D eigenvalue weighted by molar-refractivity contribution is 5.55. The first-order chi connectivity index (χ1) is 13.3. The van der Waals surface area contributed by atoms with Gasteiger partial charge < -0.3 is 14.9 Å². The highest BCUT2D eigenvalue weighted by atomic mass is 16.5. The smallest absolute Gasteiger partial charge is 0.223 e. The van der Waals surface area contributed by atoms with E-state index in [4.69, 9.17) is 16.4 Å². The summed E-state index contributed by atoms with van der Waals surface area (Å²) in [7, 11) is 3.28. The maximum absolute atomic E-state index is 9.54. The molecular weight excluding hydrogens is 356 g/mol. The molecule has 2 rings (SSSR count). The van der Waals surface area contributed by atoms with Crippen LogP contribution < -0.4 is 21.4 Å². The number of phenols is 1. The SMILES string of the molecule is CC.CCc1cc(O)ccc1OCc1c(C)cccc1N(C)N.CN(N)C=O. The van der Waals surface area contributed by atoms with E-state index in [9.17, 15) is 9.90 Å². The lowest BCUT2D eigenvalue weighted by Gasteiger charge is -2.20. The highest BCUT2D eigenvalue weighted by Crippen LogP contribution is 2.27. The van der Waals surface area contributed by atoms with Crippen molar-refractivity contribution in [1.82, 2.24) is 5.01 Å². The monoisotopic (exact) mass is 390 g/mol. The molecule has 0 radical (unpaired) electrons. The first-order valence-electron chi connectivity index (χ1n) is 9.24. The van der Waals surface area contributed by atoms with Gasteiger partial charge in [-0.25, -0.2) is 11.7 Å². The van der Waals surface area contributed by atoms with Gasteiger partial charge >= 0.3 is 0 Å². The third-order valence-corrected chi connectivity index (χ3v) is 3.73. The van der Waals surface area contributed by atoms with E-state index in [1.165, 1.54) is 7.05 Å². The lowest BCUT2D eigenvalue weighted by Crippen LogP contribution is -2.26. The molecule has 0 bridgehead atoms. The number of nitrogens with zero attached hydrogens (tertiary/aromatic N) is 2. The molecule has 0 aliphatic carbocycles. The fraction of sp³-hybridized carbons (Fsp3) is 0.381. The van der Waals surface area contributed by atoms with E-state index in [1.807, 2.05) is 52.9 Å². The van der Waals surface area contributed by atoms with Crippen LogP contribution in [-0.4, -0.2) is 30.6 Å². The molecule has 0 atom stereocenters. The Labute approximate surface area is 168 Å². The summed E-state index contributed by atoms with van der Waals surface area (Å²) < 4.78 is 5.95. The number of anilines is 1. The molecule has 0 aromatic heterocycles. The third kappa shape index (κ3) is 8.28. The van der Waals surface area contributed by atoms with Crippen molar-refractivity contribution in [2.45, 2.75) is 40.7 Å². The molecule has 156 valence electrons. The number of amides is 1. The van der Waals surface area contributed by atoms with Gasteiger partial charge in [0.15, 0.2) is 0 Å². The summed E-state index contributed by atoms with van der Waals surface area (Å²) >= 11 is 0. The van der Waals surface area contributed by atoms with E-state index in [0.29, 0.717) is 13.0 Å². The first-order valence-corrected chi connectivity index (χ1v) is 9.24. The number of phenolic OH excluding ortho intramolecular Hbond substituents is 1. The largest absolute Gasteiger partial charge is 0.508 e. The minimum atomic E-state index is 0.262. The first kappa shape index (κ1) is 25.2. The topological polar surface area (TPSA) is 105 Å². The Morgan fingerprint density at radius 3 is 2.25 bits per heavy atom. The molecule has 0 spiro atoms. The molecule has 0 fully saturated rings. The molecule has 0 unspecified atom stereocenters. The predicted molar refractivity (Wildman–Crippen MR) is 115 cm³/mol. The molecule has 5 N–H and O–H groups in total. The van der Waals surface area contributed by atoms with Crippen LogP contribution in [0.1, 0.15) is 37.5 Å². The summed E-state index contributed by atoms with van der Waals surface area (Å²) in [6.45, 7) is 8.53. The van der Waals surface area contributed by atoms with Crippen LogP contribution in [0.4, 0.5) is 5.69 Å². The van der Waals surface area contributed by atoms with E-state index in [1.54, 1.807) is 23.2 Å². The second-order valence-electron chi connectivity index (χ2n) is 5.89. The van der Waals surface area contributed by atoms with E-state index in [-0.39, 0.29) is 5.75 Å². The number of hydrazine groups is 2. The molecule has 0 heterocycles. The van der Waals surface area contributed by atoms with Crippen LogP contribution >= 0.6 is 0 Å². The molecule has 28 heavy (non-hydrogen) atoms. The fourth-order valence-corrected chi connectivity index (χ4v) is 2.34. The predicted octanol–water partition coefficient (Wildman–Crippen LogP) is 3.13. The minimum Gasteiger partial charge on any atom is -0.508 e. The second-order valence-corrected chi connectivity index (χ2v) is 5.89. The van der Waals surface area contributed by atoms with Crippen molar-refractivity contribution in [2.75, 3.05) is 19.1 Å². The summed E-state index contributed by atoms with van der Waals surface area (Å²) in [5.74, 6) is 11.7. The molecular formula is C21H34N4O3. The van der Waals surface area contributed by atoms with Gasteiger partial charge in [0.25, 0.3) is 0 Å². The summed E-state index contributed by atoms with van der Waals surface area (Å²) in [5.41, 5.74) is 4.15. The minimum absolute atomic E-state index is 0.262. The number of hydrogen-bond donors (Lipinski definition) is 3. The number of hydrogen-bond acceptors (Lipinski definition) is 6. The Kier molecular flexibility index (Phi) is 12.1. The number of benzene rings is 2. The van der Waals surface area contributed by atoms with Gasteiger partial charge in [0.2, 0.25) is 6.41 Å². The van der Waals surface area contributed by atoms with Crippen LogP contribution in [-0.2, 0) is 17.8 Å². The Hall–Kier alpha value is -2.77. The van der Waals surface area contributed by atoms with Crippen molar-refractivity contribution >= 4 is 12.1 Å². The van der Waals surface area contributed by atoms with Crippen LogP contribution in [0.3, 0.4) is 0 Å². The van der Waals surface area contributed by atoms with Crippen molar-refractivity contribution in [3.05, 3.63) is 53.1 Å². The molecule has 7 nitrogen and oxygen atoms in total. The summed E-state index contributed by atoms with van der Waals surface area (Å²) in [4.78, 5) is 9.31. The van der Waals surface area contributed by atoms with Gasteiger partial charge in [-0.15, -0.1) is 0 Å². The molecule has 0 saturated carbocycles. The van der Waals surface area contributed by atoms with Crippen LogP contribution in [0, 0.1) is 6.92 Å². The van der Waals surface area contributed by atoms with Gasteiger partial charge in [0.05, 0.1) is 5.69 Å². The molecule has 2 aromatic rings. The Balaban J connectivity index is 0.000000906. The molecule has 0 aliphatic heterocycles. The normalized spacial score (nSPS) is 9.29. The number of rotatable bonds is 6. The Bertz CT molecular complexity index is 719. The number of carbonyl (C=O) groups is 1. The number of nitrogens with two attached hydrogens (primary N) is 2. The molecule has 1 amide bonds. The fourth-order valence-electron chi connectivity index (χ4n) is 2.34. The van der Waals surface area contributed by atoms with Crippen molar-refractivity contribution < 1.29 is 14.6 Å². The van der Waals surface area contributed by atoms with Gasteiger partial charge in [-0.3, -0.25) is 9.80 Å². The maximum Gasteiger partial charge on any atom is 0.223 e. The summed E-state index contributed by atoms with van der Waals surface area (Å²) in [6, 6.07) is 11.2. The van der Waals surface area contributed by atoms with Gasteiger partial charge in [-0.2, -0.15) is 0 Å². The zero-order chi connectivity index (χ0) is 21.7. The summed E-state index contributed by atoms with van der Waals surface area (Å²) in [5, 5.41) is 12.1. The van der Waals surface area contributed by atoms with Crippen LogP contribution in [0.2, 0.25) is 0 Å². The van der Waals surface area contributed by atoms with E-state index >= 15 is 0 Å². The van der Waals surface area contributed by atoms with E-state index in [0.717, 1.165) is 39.6 Å². The van der Waals surface area contributed by atoms with E-state index < -0.39 is 0 Å². The highest BCUT2D eigenvalue weighted by Gasteiger charge is 2.10. The Morgan fingerprint density at radius 2 is 1.75 bits per heavy atom. The van der Waals surface area contributed by atoms with Gasteiger partial charge in [0.1, 0.15) is 18.1 Å². The maximum atomic E-state index is 9.54. The van der Waals surface area contributed by atoms with E-state index in [2.05, 4.69) is 0 Å².